The number of anilines is 1. The van der Waals surface area contributed by atoms with Crippen LogP contribution in [0.25, 0.3) is 0 Å². The van der Waals surface area contributed by atoms with Gasteiger partial charge in [-0.3, -0.25) is 19.9 Å². The van der Waals surface area contributed by atoms with E-state index in [-0.39, 0.29) is 18.0 Å². The third kappa shape index (κ3) is 3.38. The van der Waals surface area contributed by atoms with Gasteiger partial charge in [-0.25, -0.2) is 0 Å². The average molecular weight is 271 g/mol. The van der Waals surface area contributed by atoms with Crippen LogP contribution in [-0.4, -0.2) is 15.8 Å². The van der Waals surface area contributed by atoms with Gasteiger partial charge in [0.05, 0.1) is 17.0 Å². The van der Waals surface area contributed by atoms with Crippen LogP contribution in [0.3, 0.4) is 0 Å². The molecule has 1 aromatic carbocycles. The third-order valence-corrected chi connectivity index (χ3v) is 2.77. The summed E-state index contributed by atoms with van der Waals surface area (Å²) in [6.07, 6.45) is 1.74. The Hall–Kier alpha value is -2.76. The second kappa shape index (κ2) is 5.92. The minimum atomic E-state index is -0.492. The summed E-state index contributed by atoms with van der Waals surface area (Å²) in [6, 6.07) is 9.68. The highest BCUT2D eigenvalue weighted by atomic mass is 16.6. The molecule has 1 heterocycles. The van der Waals surface area contributed by atoms with E-state index in [2.05, 4.69) is 10.3 Å². The zero-order valence-electron chi connectivity index (χ0n) is 10.9. The largest absolute Gasteiger partial charge is 0.325 e. The predicted molar refractivity (Wildman–Crippen MR) is 74.4 cm³/mol. The van der Waals surface area contributed by atoms with E-state index in [1.54, 1.807) is 37.4 Å². The lowest BCUT2D eigenvalue weighted by molar-refractivity contribution is -0.384. The van der Waals surface area contributed by atoms with Crippen LogP contribution in [0.1, 0.15) is 11.3 Å². The molecular weight excluding hydrogens is 258 g/mol. The van der Waals surface area contributed by atoms with Gasteiger partial charge in [0, 0.05) is 24.0 Å². The summed E-state index contributed by atoms with van der Waals surface area (Å²) in [4.78, 5) is 26.2. The first-order valence-electron chi connectivity index (χ1n) is 6.01. The van der Waals surface area contributed by atoms with Crippen molar-refractivity contribution in [1.29, 1.82) is 0 Å². The van der Waals surface area contributed by atoms with Gasteiger partial charge >= 0.3 is 0 Å². The molecule has 0 atom stereocenters. The van der Waals surface area contributed by atoms with E-state index < -0.39 is 4.92 Å². The van der Waals surface area contributed by atoms with E-state index in [0.717, 1.165) is 5.56 Å². The molecule has 0 radical (unpaired) electrons. The molecule has 102 valence electrons. The highest BCUT2D eigenvalue weighted by Gasteiger charge is 2.11. The molecule has 20 heavy (non-hydrogen) atoms. The molecule has 0 aliphatic heterocycles. The Kier molecular flexibility index (Phi) is 4.05. The minimum Gasteiger partial charge on any atom is -0.325 e. The van der Waals surface area contributed by atoms with Crippen molar-refractivity contribution in [1.82, 2.24) is 4.98 Å². The number of nitrogens with one attached hydrogen (secondary N) is 1. The summed E-state index contributed by atoms with van der Waals surface area (Å²) in [6.45, 7) is 1.78. The van der Waals surface area contributed by atoms with Crippen molar-refractivity contribution >= 4 is 17.3 Å². The molecule has 1 N–H and O–H groups in total. The van der Waals surface area contributed by atoms with Crippen molar-refractivity contribution < 1.29 is 9.72 Å². The van der Waals surface area contributed by atoms with E-state index in [1.807, 2.05) is 0 Å². The molecule has 2 rings (SSSR count). The number of aryl methyl sites for hydroxylation is 1. The average Bonchev–Trinajstić information content (AvgIpc) is 2.42. The fourth-order valence-corrected chi connectivity index (χ4v) is 1.72. The first-order valence-corrected chi connectivity index (χ1v) is 6.01. The van der Waals surface area contributed by atoms with Crippen LogP contribution in [0, 0.1) is 17.0 Å². The Balaban J connectivity index is 2.11. The van der Waals surface area contributed by atoms with Gasteiger partial charge in [-0.2, -0.15) is 0 Å². The number of hydrogen-bond donors (Lipinski definition) is 1. The molecule has 0 unspecified atom stereocenters. The van der Waals surface area contributed by atoms with Crippen molar-refractivity contribution in [3.05, 3.63) is 64.0 Å². The van der Waals surface area contributed by atoms with Crippen molar-refractivity contribution in [2.24, 2.45) is 0 Å². The predicted octanol–water partition coefficient (Wildman–Crippen LogP) is 2.48. The molecule has 0 aliphatic carbocycles. The number of nitrogens with zero attached hydrogens (tertiary/aromatic N) is 2. The Morgan fingerprint density at radius 3 is 2.80 bits per heavy atom. The second-order valence-corrected chi connectivity index (χ2v) is 4.30. The summed E-state index contributed by atoms with van der Waals surface area (Å²) in [5.74, 6) is -0.257. The van der Waals surface area contributed by atoms with Gasteiger partial charge in [0.15, 0.2) is 0 Å². The van der Waals surface area contributed by atoms with E-state index >= 15 is 0 Å². The summed E-state index contributed by atoms with van der Waals surface area (Å²) < 4.78 is 0. The zero-order valence-corrected chi connectivity index (χ0v) is 10.9. The number of benzene rings is 1. The maximum absolute atomic E-state index is 11.9. The van der Waals surface area contributed by atoms with Crippen LogP contribution < -0.4 is 5.32 Å². The third-order valence-electron chi connectivity index (χ3n) is 2.77. The van der Waals surface area contributed by atoms with E-state index in [0.29, 0.717) is 11.4 Å². The van der Waals surface area contributed by atoms with Crippen molar-refractivity contribution in [3.8, 4) is 0 Å². The van der Waals surface area contributed by atoms with Crippen LogP contribution >= 0.6 is 0 Å². The normalized spacial score (nSPS) is 10.1. The number of carbonyl (C=O) groups is 1. The molecule has 0 bridgehead atoms. The van der Waals surface area contributed by atoms with Gasteiger partial charge in [-0.15, -0.1) is 0 Å². The number of pyridine rings is 1. The Labute approximate surface area is 115 Å². The summed E-state index contributed by atoms with van der Waals surface area (Å²) >= 11 is 0. The summed E-state index contributed by atoms with van der Waals surface area (Å²) in [5, 5.41) is 13.4. The van der Waals surface area contributed by atoms with Gasteiger partial charge in [0.25, 0.3) is 5.69 Å². The van der Waals surface area contributed by atoms with Crippen molar-refractivity contribution in [2.75, 3.05) is 5.32 Å². The maximum atomic E-state index is 11.9. The molecule has 1 aromatic heterocycles. The molecule has 0 saturated heterocycles. The van der Waals surface area contributed by atoms with E-state index in [1.165, 1.54) is 12.1 Å². The number of carbonyl (C=O) groups excluding carboxylic acids is 1. The molecule has 0 saturated carbocycles. The zero-order chi connectivity index (χ0) is 14.5. The first-order chi connectivity index (χ1) is 9.56. The van der Waals surface area contributed by atoms with E-state index in [4.69, 9.17) is 0 Å². The van der Waals surface area contributed by atoms with Gasteiger partial charge in [-0.05, 0) is 24.6 Å². The SMILES string of the molecule is Cc1ccc([N+](=O)[O-])cc1NC(=O)Cc1ccccn1. The molecule has 6 nitrogen and oxygen atoms in total. The number of rotatable bonds is 4. The molecular formula is C14H13N3O3. The number of amides is 1. The fourth-order valence-electron chi connectivity index (χ4n) is 1.72. The molecule has 0 fully saturated rings. The summed E-state index contributed by atoms with van der Waals surface area (Å²) in [5.41, 5.74) is 1.81. The van der Waals surface area contributed by atoms with Crippen LogP contribution in [-0.2, 0) is 11.2 Å². The Morgan fingerprint density at radius 2 is 2.15 bits per heavy atom. The molecule has 2 aromatic rings. The summed E-state index contributed by atoms with van der Waals surface area (Å²) in [7, 11) is 0. The van der Waals surface area contributed by atoms with Crippen molar-refractivity contribution in [3.63, 3.8) is 0 Å². The van der Waals surface area contributed by atoms with Crippen LogP contribution in [0.4, 0.5) is 11.4 Å². The lowest BCUT2D eigenvalue weighted by atomic mass is 10.1. The van der Waals surface area contributed by atoms with Gasteiger partial charge in [0.1, 0.15) is 0 Å². The topological polar surface area (TPSA) is 85.1 Å². The maximum Gasteiger partial charge on any atom is 0.271 e. The molecule has 1 amide bonds. The number of hydrogen-bond acceptors (Lipinski definition) is 4. The van der Waals surface area contributed by atoms with E-state index in [9.17, 15) is 14.9 Å². The molecule has 0 spiro atoms. The lowest BCUT2D eigenvalue weighted by Crippen LogP contribution is -2.15. The van der Waals surface area contributed by atoms with Gasteiger partial charge in [-0.1, -0.05) is 12.1 Å². The minimum absolute atomic E-state index is 0.0521. The number of aromatic nitrogens is 1. The first kappa shape index (κ1) is 13.7. The number of non-ortho nitro benzene ring substituents is 1. The lowest BCUT2D eigenvalue weighted by Gasteiger charge is -2.08. The highest BCUT2D eigenvalue weighted by molar-refractivity contribution is 5.93. The monoisotopic (exact) mass is 271 g/mol. The number of nitro benzene ring substituents is 1. The fraction of sp³-hybridized carbons (Fsp3) is 0.143. The highest BCUT2D eigenvalue weighted by Crippen LogP contribution is 2.21. The van der Waals surface area contributed by atoms with Gasteiger partial charge in [0.2, 0.25) is 5.91 Å². The standard InChI is InChI=1S/C14H13N3O3/c1-10-5-6-12(17(19)20)9-13(10)16-14(18)8-11-4-2-3-7-15-11/h2-7,9H,8H2,1H3,(H,16,18). The Bertz CT molecular complexity index is 641. The molecule has 6 heteroatoms. The van der Waals surface area contributed by atoms with Gasteiger partial charge < -0.3 is 5.32 Å². The number of nitro groups is 1. The quantitative estimate of drug-likeness (QED) is 0.683. The molecule has 0 aliphatic rings. The Morgan fingerprint density at radius 1 is 1.35 bits per heavy atom. The van der Waals surface area contributed by atoms with Crippen LogP contribution in [0.2, 0.25) is 0 Å². The smallest absolute Gasteiger partial charge is 0.271 e. The van der Waals surface area contributed by atoms with Crippen LogP contribution in [0.5, 0.6) is 0 Å². The second-order valence-electron chi connectivity index (χ2n) is 4.30. The van der Waals surface area contributed by atoms with Crippen molar-refractivity contribution in [2.45, 2.75) is 13.3 Å². The van der Waals surface area contributed by atoms with Crippen LogP contribution in [0.15, 0.2) is 42.6 Å².